The molecule has 2 nitrogen and oxygen atoms in total. The van der Waals surface area contributed by atoms with Gasteiger partial charge in [-0.05, 0) is 37.8 Å². The third-order valence-corrected chi connectivity index (χ3v) is 2.98. The lowest BCUT2D eigenvalue weighted by Gasteiger charge is -2.22. The van der Waals surface area contributed by atoms with Gasteiger partial charge >= 0.3 is 0 Å². The molecule has 86 valence electrons. The summed E-state index contributed by atoms with van der Waals surface area (Å²) in [7, 11) is 1.85. The van der Waals surface area contributed by atoms with Crippen molar-refractivity contribution in [3.05, 3.63) is 29.6 Å². The van der Waals surface area contributed by atoms with Gasteiger partial charge in [-0.3, -0.25) is 4.79 Å². The second kappa shape index (κ2) is 4.24. The molecule has 0 spiro atoms. The molecule has 1 fully saturated rings. The molecule has 1 aromatic carbocycles. The minimum Gasteiger partial charge on any atom is -0.371 e. The van der Waals surface area contributed by atoms with Crippen LogP contribution in [0.25, 0.3) is 0 Å². The van der Waals surface area contributed by atoms with Gasteiger partial charge < -0.3 is 4.90 Å². The highest BCUT2D eigenvalue weighted by Gasteiger charge is 2.25. The second-order valence-corrected chi connectivity index (χ2v) is 4.52. The molecule has 0 aliphatic heterocycles. The lowest BCUT2D eigenvalue weighted by molar-refractivity contribution is 0.101. The van der Waals surface area contributed by atoms with Crippen LogP contribution >= 0.6 is 0 Å². The van der Waals surface area contributed by atoms with E-state index in [9.17, 15) is 9.18 Å². The topological polar surface area (TPSA) is 20.3 Å². The number of anilines is 1. The van der Waals surface area contributed by atoms with E-state index < -0.39 is 0 Å². The van der Waals surface area contributed by atoms with Crippen LogP contribution in [-0.2, 0) is 0 Å². The molecule has 0 radical (unpaired) electrons. The summed E-state index contributed by atoms with van der Waals surface area (Å²) < 4.78 is 13.7. The molecule has 1 aromatic rings. The Bertz CT molecular complexity index is 412. The molecule has 0 atom stereocenters. The van der Waals surface area contributed by atoms with Gasteiger partial charge in [0.15, 0.2) is 5.78 Å². The lowest BCUT2D eigenvalue weighted by atomic mass is 10.1. The SMILES string of the molecule is CC(=O)c1cccc(F)c1N(C)CC1CC1. The van der Waals surface area contributed by atoms with Gasteiger partial charge in [-0.1, -0.05) is 6.07 Å². The monoisotopic (exact) mass is 221 g/mol. The molecular formula is C13H16FNO. The Morgan fingerprint density at radius 3 is 2.75 bits per heavy atom. The number of hydrogen-bond donors (Lipinski definition) is 0. The fourth-order valence-corrected chi connectivity index (χ4v) is 1.97. The van der Waals surface area contributed by atoms with Crippen molar-refractivity contribution < 1.29 is 9.18 Å². The molecular weight excluding hydrogens is 205 g/mol. The van der Waals surface area contributed by atoms with Gasteiger partial charge in [0, 0.05) is 19.2 Å². The molecule has 0 aromatic heterocycles. The first-order valence-corrected chi connectivity index (χ1v) is 5.60. The van der Waals surface area contributed by atoms with Gasteiger partial charge in [0.25, 0.3) is 0 Å². The van der Waals surface area contributed by atoms with Crippen molar-refractivity contribution >= 4 is 11.5 Å². The van der Waals surface area contributed by atoms with Crippen molar-refractivity contribution in [1.29, 1.82) is 0 Å². The summed E-state index contributed by atoms with van der Waals surface area (Å²) in [5, 5.41) is 0. The molecule has 16 heavy (non-hydrogen) atoms. The van der Waals surface area contributed by atoms with Crippen molar-refractivity contribution in [3.63, 3.8) is 0 Å². The highest BCUT2D eigenvalue weighted by Crippen LogP contribution is 2.32. The zero-order valence-electron chi connectivity index (χ0n) is 9.66. The molecule has 1 aliphatic rings. The summed E-state index contributed by atoms with van der Waals surface area (Å²) in [6.45, 7) is 2.31. The van der Waals surface area contributed by atoms with Crippen molar-refractivity contribution in [2.24, 2.45) is 5.92 Å². The van der Waals surface area contributed by atoms with Crippen LogP contribution in [0.4, 0.5) is 10.1 Å². The average Bonchev–Trinajstić information content (AvgIpc) is 3.00. The Morgan fingerprint density at radius 2 is 2.19 bits per heavy atom. The number of carbonyl (C=O) groups is 1. The quantitative estimate of drug-likeness (QED) is 0.729. The summed E-state index contributed by atoms with van der Waals surface area (Å²) in [4.78, 5) is 13.3. The normalized spacial score (nSPS) is 14.9. The summed E-state index contributed by atoms with van der Waals surface area (Å²) in [6.07, 6.45) is 2.43. The van der Waals surface area contributed by atoms with Crippen LogP contribution in [0.3, 0.4) is 0 Å². The van der Waals surface area contributed by atoms with Crippen LogP contribution in [0, 0.1) is 11.7 Å². The fraction of sp³-hybridized carbons (Fsp3) is 0.462. The predicted octanol–water partition coefficient (Wildman–Crippen LogP) is 2.87. The molecule has 0 amide bonds. The Morgan fingerprint density at radius 1 is 1.50 bits per heavy atom. The standard InChI is InChI=1S/C13H16FNO/c1-9(16)11-4-3-5-12(14)13(11)15(2)8-10-6-7-10/h3-5,10H,6-8H2,1-2H3. The van der Waals surface area contributed by atoms with E-state index in [2.05, 4.69) is 0 Å². The average molecular weight is 221 g/mol. The van der Waals surface area contributed by atoms with Crippen LogP contribution in [0.15, 0.2) is 18.2 Å². The highest BCUT2D eigenvalue weighted by molar-refractivity contribution is 5.99. The number of hydrogen-bond acceptors (Lipinski definition) is 2. The number of halogens is 1. The first kappa shape index (κ1) is 11.1. The molecule has 3 heteroatoms. The van der Waals surface area contributed by atoms with E-state index in [4.69, 9.17) is 0 Å². The molecule has 0 N–H and O–H groups in total. The number of benzene rings is 1. The third kappa shape index (κ3) is 2.23. The van der Waals surface area contributed by atoms with Gasteiger partial charge in [-0.2, -0.15) is 0 Å². The Balaban J connectivity index is 2.31. The Kier molecular flexibility index (Phi) is 2.95. The molecule has 2 rings (SSSR count). The Hall–Kier alpha value is -1.38. The van der Waals surface area contributed by atoms with Crippen LogP contribution in [0.2, 0.25) is 0 Å². The maximum absolute atomic E-state index is 13.7. The predicted molar refractivity (Wildman–Crippen MR) is 62.4 cm³/mol. The second-order valence-electron chi connectivity index (χ2n) is 4.52. The fourth-order valence-electron chi connectivity index (χ4n) is 1.97. The van der Waals surface area contributed by atoms with Gasteiger partial charge in [-0.15, -0.1) is 0 Å². The number of Topliss-reactive ketones (excluding diaryl/α,β-unsaturated/α-hetero) is 1. The number of nitrogens with zero attached hydrogens (tertiary/aromatic N) is 1. The van der Waals surface area contributed by atoms with Gasteiger partial charge in [0.1, 0.15) is 5.82 Å². The smallest absolute Gasteiger partial charge is 0.161 e. The Labute approximate surface area is 95.1 Å². The molecule has 0 unspecified atom stereocenters. The van der Waals surface area contributed by atoms with E-state index in [-0.39, 0.29) is 11.6 Å². The molecule has 0 bridgehead atoms. The van der Waals surface area contributed by atoms with Crippen molar-refractivity contribution in [2.45, 2.75) is 19.8 Å². The van der Waals surface area contributed by atoms with Crippen LogP contribution < -0.4 is 4.90 Å². The van der Waals surface area contributed by atoms with Gasteiger partial charge in [0.05, 0.1) is 5.69 Å². The maximum Gasteiger partial charge on any atom is 0.161 e. The van der Waals surface area contributed by atoms with E-state index in [1.165, 1.54) is 25.8 Å². The van der Waals surface area contributed by atoms with E-state index in [1.807, 2.05) is 11.9 Å². The summed E-state index contributed by atoms with van der Waals surface area (Å²) in [5.74, 6) is 0.275. The molecule has 1 aliphatic carbocycles. The maximum atomic E-state index is 13.7. The van der Waals surface area contributed by atoms with Crippen molar-refractivity contribution in [3.8, 4) is 0 Å². The molecule has 0 saturated heterocycles. The molecule has 1 saturated carbocycles. The van der Waals surface area contributed by atoms with Crippen molar-refractivity contribution in [1.82, 2.24) is 0 Å². The zero-order chi connectivity index (χ0) is 11.7. The van der Waals surface area contributed by atoms with Crippen LogP contribution in [-0.4, -0.2) is 19.4 Å². The van der Waals surface area contributed by atoms with Gasteiger partial charge in [-0.25, -0.2) is 4.39 Å². The minimum absolute atomic E-state index is 0.0860. The highest BCUT2D eigenvalue weighted by atomic mass is 19.1. The summed E-state index contributed by atoms with van der Waals surface area (Å²) in [5.41, 5.74) is 0.921. The molecule has 0 heterocycles. The summed E-state index contributed by atoms with van der Waals surface area (Å²) in [6, 6.07) is 4.68. The van der Waals surface area contributed by atoms with E-state index in [0.29, 0.717) is 17.2 Å². The lowest BCUT2D eigenvalue weighted by Crippen LogP contribution is -2.23. The first-order chi connectivity index (χ1) is 7.59. The largest absolute Gasteiger partial charge is 0.371 e. The number of para-hydroxylation sites is 1. The van der Waals surface area contributed by atoms with Gasteiger partial charge in [0.2, 0.25) is 0 Å². The van der Waals surface area contributed by atoms with E-state index in [0.717, 1.165) is 6.54 Å². The van der Waals surface area contributed by atoms with E-state index >= 15 is 0 Å². The number of rotatable bonds is 4. The first-order valence-electron chi connectivity index (χ1n) is 5.60. The van der Waals surface area contributed by atoms with Crippen LogP contribution in [0.5, 0.6) is 0 Å². The van der Waals surface area contributed by atoms with Crippen LogP contribution in [0.1, 0.15) is 30.1 Å². The number of ketones is 1. The third-order valence-electron chi connectivity index (χ3n) is 2.98. The summed E-state index contributed by atoms with van der Waals surface area (Å²) >= 11 is 0. The zero-order valence-corrected chi connectivity index (χ0v) is 9.66. The van der Waals surface area contributed by atoms with Crippen molar-refractivity contribution in [2.75, 3.05) is 18.5 Å². The van der Waals surface area contributed by atoms with E-state index in [1.54, 1.807) is 12.1 Å². The minimum atomic E-state index is -0.309. The number of carbonyl (C=O) groups excluding carboxylic acids is 1.